The highest BCUT2D eigenvalue weighted by atomic mass is 16.5. The molecule has 0 aliphatic heterocycles. The Labute approximate surface area is 82.9 Å². The summed E-state index contributed by atoms with van der Waals surface area (Å²) in [4.78, 5) is 11.0. The predicted molar refractivity (Wildman–Crippen MR) is 51.5 cm³/mol. The fraction of sp³-hybridized carbons (Fsp3) is 0.600. The van der Waals surface area contributed by atoms with Gasteiger partial charge < -0.3 is 9.53 Å². The van der Waals surface area contributed by atoms with Crippen LogP contribution in [-0.4, -0.2) is 23.2 Å². The van der Waals surface area contributed by atoms with Crippen LogP contribution < -0.4 is 4.74 Å². The highest BCUT2D eigenvalue weighted by molar-refractivity contribution is 5.75. The molecule has 0 radical (unpaired) electrons. The van der Waals surface area contributed by atoms with Crippen molar-refractivity contribution in [3.8, 4) is 5.88 Å². The maximum Gasteiger partial charge on any atom is 0.215 e. The summed E-state index contributed by atoms with van der Waals surface area (Å²) in [7, 11) is 3.44. The Morgan fingerprint density at radius 2 is 2.21 bits per heavy atom. The minimum atomic E-state index is -0.302. The summed E-state index contributed by atoms with van der Waals surface area (Å²) in [6.07, 6.45) is 2.86. The Morgan fingerprint density at radius 3 is 2.64 bits per heavy atom. The molecule has 1 aromatic rings. The largest absolute Gasteiger partial charge is 0.481 e. The summed E-state index contributed by atoms with van der Waals surface area (Å²) < 4.78 is 6.96. The lowest BCUT2D eigenvalue weighted by atomic mass is 9.98. The van der Waals surface area contributed by atoms with Gasteiger partial charge in [-0.25, -0.2) is 4.68 Å². The Morgan fingerprint density at radius 1 is 1.57 bits per heavy atom. The number of hydrogen-bond donors (Lipinski definition) is 0. The third-order valence-corrected chi connectivity index (χ3v) is 2.88. The van der Waals surface area contributed by atoms with Crippen molar-refractivity contribution in [1.82, 2.24) is 9.78 Å². The van der Waals surface area contributed by atoms with E-state index in [-0.39, 0.29) is 5.41 Å². The van der Waals surface area contributed by atoms with E-state index >= 15 is 0 Å². The second kappa shape index (κ2) is 2.83. The molecule has 4 nitrogen and oxygen atoms in total. The standard InChI is InChI=1S/C10H14N2O2/c1-7-8(10(6-13)4-5-10)9(14-3)12(2)11-7/h6H,4-5H2,1-3H3. The molecule has 0 spiro atoms. The average molecular weight is 194 g/mol. The van der Waals surface area contributed by atoms with E-state index in [0.29, 0.717) is 5.88 Å². The molecule has 1 heterocycles. The van der Waals surface area contributed by atoms with Gasteiger partial charge in [0.1, 0.15) is 6.29 Å². The Bertz CT molecular complexity index is 378. The van der Waals surface area contributed by atoms with Gasteiger partial charge in [-0.2, -0.15) is 5.10 Å². The highest BCUT2D eigenvalue weighted by Crippen LogP contribution is 2.50. The number of aryl methyl sites for hydroxylation is 2. The molecule has 0 atom stereocenters. The summed E-state index contributed by atoms with van der Waals surface area (Å²) in [5, 5.41) is 4.27. The zero-order valence-electron chi connectivity index (χ0n) is 8.70. The minimum absolute atomic E-state index is 0.302. The smallest absolute Gasteiger partial charge is 0.215 e. The zero-order valence-corrected chi connectivity index (χ0v) is 8.70. The number of methoxy groups -OCH3 is 1. The quantitative estimate of drug-likeness (QED) is 0.673. The van der Waals surface area contributed by atoms with E-state index in [2.05, 4.69) is 5.10 Å². The molecule has 4 heteroatoms. The van der Waals surface area contributed by atoms with Gasteiger partial charge in [0, 0.05) is 7.05 Å². The topological polar surface area (TPSA) is 44.1 Å². The van der Waals surface area contributed by atoms with Crippen LogP contribution in [0.5, 0.6) is 5.88 Å². The van der Waals surface area contributed by atoms with Crippen molar-refractivity contribution >= 4 is 6.29 Å². The first-order chi connectivity index (χ1) is 6.64. The van der Waals surface area contributed by atoms with Crippen molar-refractivity contribution in [3.63, 3.8) is 0 Å². The molecule has 1 fully saturated rings. The summed E-state index contributed by atoms with van der Waals surface area (Å²) in [5.74, 6) is 0.715. The van der Waals surface area contributed by atoms with E-state index in [1.54, 1.807) is 11.8 Å². The van der Waals surface area contributed by atoms with E-state index in [1.807, 2.05) is 14.0 Å². The Kier molecular flexibility index (Phi) is 1.87. The summed E-state index contributed by atoms with van der Waals surface area (Å²) in [6.45, 7) is 1.92. The van der Waals surface area contributed by atoms with Crippen LogP contribution in [0.2, 0.25) is 0 Å². The molecule has 76 valence electrons. The average Bonchev–Trinajstić information content (AvgIpc) is 2.88. The molecular weight excluding hydrogens is 180 g/mol. The predicted octanol–water partition coefficient (Wildman–Crippen LogP) is 0.968. The number of rotatable bonds is 3. The number of aldehydes is 1. The normalized spacial score (nSPS) is 17.9. The van der Waals surface area contributed by atoms with Gasteiger partial charge in [-0.1, -0.05) is 0 Å². The third kappa shape index (κ3) is 1.06. The van der Waals surface area contributed by atoms with Crippen LogP contribution in [-0.2, 0) is 17.3 Å². The van der Waals surface area contributed by atoms with Crippen molar-refractivity contribution < 1.29 is 9.53 Å². The monoisotopic (exact) mass is 194 g/mol. The number of ether oxygens (including phenoxy) is 1. The van der Waals surface area contributed by atoms with Crippen LogP contribution in [0.1, 0.15) is 24.1 Å². The Balaban J connectivity index is 2.56. The fourth-order valence-electron chi connectivity index (χ4n) is 2.01. The molecule has 1 aliphatic carbocycles. The first-order valence-corrected chi connectivity index (χ1v) is 4.69. The van der Waals surface area contributed by atoms with Gasteiger partial charge in [0.15, 0.2) is 0 Å². The molecule has 0 amide bonds. The molecule has 1 aliphatic rings. The maximum absolute atomic E-state index is 11.0. The summed E-state index contributed by atoms with van der Waals surface area (Å²) in [6, 6.07) is 0. The van der Waals surface area contributed by atoms with Gasteiger partial charge in [0.25, 0.3) is 0 Å². The SMILES string of the molecule is COc1c(C2(C=O)CC2)c(C)nn1C. The van der Waals surface area contributed by atoms with Crippen molar-refractivity contribution in [1.29, 1.82) is 0 Å². The van der Waals surface area contributed by atoms with Gasteiger partial charge in [-0.05, 0) is 19.8 Å². The zero-order chi connectivity index (χ0) is 10.3. The number of nitrogens with zero attached hydrogens (tertiary/aromatic N) is 2. The second-order valence-electron chi connectivity index (χ2n) is 3.87. The number of carbonyl (C=O) groups excluding carboxylic acids is 1. The molecule has 1 aromatic heterocycles. The van der Waals surface area contributed by atoms with Gasteiger partial charge >= 0.3 is 0 Å². The number of hydrogen-bond acceptors (Lipinski definition) is 3. The van der Waals surface area contributed by atoms with Gasteiger partial charge in [0.05, 0.1) is 23.8 Å². The molecule has 2 rings (SSSR count). The third-order valence-electron chi connectivity index (χ3n) is 2.88. The number of carbonyl (C=O) groups is 1. The van der Waals surface area contributed by atoms with Crippen LogP contribution in [0.3, 0.4) is 0 Å². The van der Waals surface area contributed by atoms with Gasteiger partial charge in [-0.3, -0.25) is 0 Å². The van der Waals surface area contributed by atoms with E-state index in [0.717, 1.165) is 30.4 Å². The number of aromatic nitrogens is 2. The van der Waals surface area contributed by atoms with Crippen LogP contribution in [0.25, 0.3) is 0 Å². The fourth-order valence-corrected chi connectivity index (χ4v) is 2.01. The van der Waals surface area contributed by atoms with Crippen molar-refractivity contribution in [2.45, 2.75) is 25.2 Å². The Hall–Kier alpha value is -1.32. The van der Waals surface area contributed by atoms with E-state index < -0.39 is 0 Å². The van der Waals surface area contributed by atoms with E-state index in [9.17, 15) is 4.79 Å². The molecule has 0 unspecified atom stereocenters. The van der Waals surface area contributed by atoms with Crippen LogP contribution in [0, 0.1) is 6.92 Å². The van der Waals surface area contributed by atoms with Crippen molar-refractivity contribution in [2.75, 3.05) is 7.11 Å². The van der Waals surface area contributed by atoms with Gasteiger partial charge in [0.2, 0.25) is 5.88 Å². The lowest BCUT2D eigenvalue weighted by Gasteiger charge is -2.08. The summed E-state index contributed by atoms with van der Waals surface area (Å²) >= 11 is 0. The first kappa shape index (κ1) is 9.24. The van der Waals surface area contributed by atoms with Crippen molar-refractivity contribution in [3.05, 3.63) is 11.3 Å². The molecule has 0 aromatic carbocycles. The second-order valence-corrected chi connectivity index (χ2v) is 3.87. The molecule has 14 heavy (non-hydrogen) atoms. The van der Waals surface area contributed by atoms with Crippen molar-refractivity contribution in [2.24, 2.45) is 7.05 Å². The lowest BCUT2D eigenvalue weighted by molar-refractivity contribution is -0.109. The molecule has 0 saturated heterocycles. The molecular formula is C10H14N2O2. The minimum Gasteiger partial charge on any atom is -0.481 e. The molecule has 0 bridgehead atoms. The first-order valence-electron chi connectivity index (χ1n) is 4.69. The van der Waals surface area contributed by atoms with Crippen LogP contribution >= 0.6 is 0 Å². The highest BCUT2D eigenvalue weighted by Gasteiger charge is 2.48. The van der Waals surface area contributed by atoms with Gasteiger partial charge in [-0.15, -0.1) is 0 Å². The van der Waals surface area contributed by atoms with E-state index in [1.165, 1.54) is 0 Å². The van der Waals surface area contributed by atoms with Crippen LogP contribution in [0.15, 0.2) is 0 Å². The summed E-state index contributed by atoms with van der Waals surface area (Å²) in [5.41, 5.74) is 1.57. The lowest BCUT2D eigenvalue weighted by Crippen LogP contribution is -2.10. The van der Waals surface area contributed by atoms with E-state index in [4.69, 9.17) is 4.74 Å². The molecule has 0 N–H and O–H groups in total. The van der Waals surface area contributed by atoms with Crippen LogP contribution in [0.4, 0.5) is 0 Å². The maximum atomic E-state index is 11.0. The molecule has 1 saturated carbocycles.